The minimum absolute atomic E-state index is 0.00144. The number of carboxylic acid groups (broad SMARTS) is 1. The number of rotatable bonds is 24. The predicted molar refractivity (Wildman–Crippen MR) is 510 cm³/mol. The van der Waals surface area contributed by atoms with Crippen molar-refractivity contribution in [3.8, 4) is 33.4 Å². The molecule has 9 heterocycles. The van der Waals surface area contributed by atoms with Crippen LogP contribution in [-0.4, -0.2) is 167 Å². The van der Waals surface area contributed by atoms with Crippen LogP contribution < -0.4 is 38.2 Å². The van der Waals surface area contributed by atoms with Gasteiger partial charge in [0.1, 0.15) is 56.2 Å². The van der Waals surface area contributed by atoms with Crippen molar-refractivity contribution >= 4 is 210 Å². The van der Waals surface area contributed by atoms with Crippen molar-refractivity contribution in [2.24, 2.45) is 5.73 Å². The molecule has 0 saturated heterocycles. The van der Waals surface area contributed by atoms with Gasteiger partial charge in [-0.2, -0.15) is 0 Å². The van der Waals surface area contributed by atoms with Gasteiger partial charge in [0, 0.05) is 116 Å². The Morgan fingerprint density at radius 2 is 0.656 bits per heavy atom. The molecule has 11 N–H and O–H groups in total. The number of halogens is 4. The van der Waals surface area contributed by atoms with Crippen LogP contribution in [-0.2, 0) is 14.2 Å². The fourth-order valence-electron chi connectivity index (χ4n) is 9.93. The van der Waals surface area contributed by atoms with Gasteiger partial charge in [0.2, 0.25) is 5.28 Å². The maximum Gasteiger partial charge on any atom is 0.488 e. The highest BCUT2D eigenvalue weighted by molar-refractivity contribution is 14.1. The zero-order valence-corrected chi connectivity index (χ0v) is 76.6. The Balaban J connectivity index is 0.000000186. The third kappa shape index (κ3) is 32.5. The predicted octanol–water partition coefficient (Wildman–Crippen LogP) is 17.3. The fraction of sp³-hybridized carbons (Fsp3) is 0.118. The number of primary amides is 1. The number of hydrogen-bond acceptors (Lipinski definition) is 33. The largest absolute Gasteiger partial charge is 0.488 e. The van der Waals surface area contributed by atoms with E-state index in [1.807, 2.05) is 183 Å². The number of amides is 1. The number of thioether (sulfide) groups is 4. The van der Waals surface area contributed by atoms with Gasteiger partial charge in [-0.3, -0.25) is 24.7 Å². The average Bonchev–Trinajstić information content (AvgIpc) is 0.836. The van der Waals surface area contributed by atoms with E-state index in [0.717, 1.165) is 65.4 Å². The van der Waals surface area contributed by atoms with Gasteiger partial charge < -0.3 is 62.1 Å². The van der Waals surface area contributed by atoms with Gasteiger partial charge in [0.15, 0.2) is 20.6 Å². The molecular formula is C85H79BCl2I2N20O11S4. The molecule has 5 aromatic carbocycles. The number of hydrogen-bond donors (Lipinski definition) is 9. The summed E-state index contributed by atoms with van der Waals surface area (Å²) in [5.41, 5.74) is 22.8. The normalized spacial score (nSPS) is 10.1. The van der Waals surface area contributed by atoms with Crippen molar-refractivity contribution in [2.45, 2.75) is 41.4 Å². The number of benzene rings is 5. The summed E-state index contributed by atoms with van der Waals surface area (Å²) in [7, 11) is -1.38. The van der Waals surface area contributed by atoms with E-state index in [0.29, 0.717) is 67.9 Å². The number of carbonyl (C=O) groups is 5. The zero-order chi connectivity index (χ0) is 90.0. The molecule has 0 fully saturated rings. The Hall–Kier alpha value is -12.1. The molecule has 0 aliphatic heterocycles. The standard InChI is InChI=1S/C19H18N4O2S.C17H15N5OS.C17H14N4O2S.C14H14IN3O2S.C7H6Cl2N2O2.C6H6IN.C5H6BNO2/c1-3-25-18(24)16-12-21-19(26-2)23-17(16)22-15-6-4-13(5-7-15)14-8-10-20-11-9-14;1-24-17-20-10-14(15(18)23)16(22-17)21-13-4-2-11(3-5-13)12-6-8-19-9-7-12;1-24-17-19-10-14(16(22)23)15(21-17)20-13-4-2-11(3-5-13)12-6-8-18-9-7-12;1-3-20-13(19)11-8-16-14(21-2)18-12(11)17-10-6-4-9(15)5-7-10;1-2-13-6(12)4-3-10-7(9)11-5(4)8;7-5-1-3-6(8)4-2-5;8-6(9)5-1-3-7-4-2-5/h4-12H,3H2,1-2H3,(H,21,22,23);2-10H,1H3,(H2,18,23)(H,20,21,22);2-10H,1H3,(H,22,23)(H,19,20,21);4-8H,3H2,1-2H3,(H,16,17,18);3H,2H2,1H3;1-4H,8H2;1-4,8-9H. The number of aromatic nitrogens is 14. The molecule has 0 atom stereocenters. The molecule has 0 radical (unpaired) electrons. The van der Waals surface area contributed by atoms with E-state index in [-0.39, 0.29) is 39.6 Å². The first-order valence-corrected chi connectivity index (χ1v) is 44.7. The van der Waals surface area contributed by atoms with Crippen LogP contribution in [0.1, 0.15) is 72.6 Å². The van der Waals surface area contributed by atoms with E-state index < -0.39 is 36.9 Å². The summed E-state index contributed by atoms with van der Waals surface area (Å²) in [4.78, 5) is 115. The highest BCUT2D eigenvalue weighted by Gasteiger charge is 2.21. The molecule has 0 aliphatic rings. The molecule has 14 rings (SSSR count). The fourth-order valence-corrected chi connectivity index (χ4v) is 12.4. The lowest BCUT2D eigenvalue weighted by atomic mass is 9.81. The lowest BCUT2D eigenvalue weighted by Gasteiger charge is -2.11. The van der Waals surface area contributed by atoms with Gasteiger partial charge in [-0.1, -0.05) is 95.0 Å². The van der Waals surface area contributed by atoms with Gasteiger partial charge in [-0.25, -0.2) is 69.0 Å². The van der Waals surface area contributed by atoms with Gasteiger partial charge in [0.25, 0.3) is 5.91 Å². The number of nitrogens with one attached hydrogen (secondary N) is 4. The topological polar surface area (TPSA) is 454 Å². The van der Waals surface area contributed by atoms with Crippen molar-refractivity contribution in [1.82, 2.24) is 69.8 Å². The van der Waals surface area contributed by atoms with Crippen molar-refractivity contribution in [3.05, 3.63) is 296 Å². The number of ether oxygens (including phenoxy) is 3. The first kappa shape index (κ1) is 98.3. The van der Waals surface area contributed by atoms with Crippen LogP contribution >= 0.6 is 115 Å². The Kier molecular flexibility index (Phi) is 41.3. The van der Waals surface area contributed by atoms with Crippen molar-refractivity contribution < 1.29 is 53.3 Å². The van der Waals surface area contributed by atoms with Crippen LogP contribution in [0, 0.1) is 7.14 Å². The number of aromatic carboxylic acids is 1. The SMILES string of the molecule is CCOC(=O)c1cnc(Cl)nc1Cl.CCOC(=O)c1cnc(SC)nc1Nc1ccc(-c2ccncc2)cc1.CCOC(=O)c1cnc(SC)nc1Nc1ccc(I)cc1.CSc1ncc(C(=O)O)c(Nc2ccc(-c3ccncc3)cc2)n1.CSc1ncc(C(N)=O)c(Nc2ccc(-c3ccncc3)cc2)n1.Nc1ccc(I)cc1.OB(O)c1ccncc1. The van der Waals surface area contributed by atoms with Crippen molar-refractivity contribution in [2.75, 3.05) is 71.8 Å². The molecule has 40 heteroatoms. The number of esters is 3. The van der Waals surface area contributed by atoms with Crippen molar-refractivity contribution in [3.63, 3.8) is 0 Å². The quantitative estimate of drug-likeness (QED) is 0.00396. The lowest BCUT2D eigenvalue weighted by molar-refractivity contribution is 0.0516. The summed E-state index contributed by atoms with van der Waals surface area (Å²) in [6, 6.07) is 53.6. The first-order chi connectivity index (χ1) is 60.4. The van der Waals surface area contributed by atoms with E-state index in [2.05, 4.69) is 136 Å². The number of nitrogen functional groups attached to an aromatic ring is 1. The van der Waals surface area contributed by atoms with E-state index in [9.17, 15) is 29.1 Å². The lowest BCUT2D eigenvalue weighted by Crippen LogP contribution is -2.29. The molecule has 1 amide bonds. The Bertz CT molecular complexity index is 5630. The molecule has 14 aromatic rings. The molecule has 0 unspecified atom stereocenters. The molecule has 0 saturated carbocycles. The summed E-state index contributed by atoms with van der Waals surface area (Å²) in [6.45, 7) is 6.11. The van der Waals surface area contributed by atoms with Gasteiger partial charge in [-0.15, -0.1) is 0 Å². The monoisotopic (exact) mass is 2020 g/mol. The van der Waals surface area contributed by atoms with Crippen LogP contribution in [0.15, 0.2) is 271 Å². The van der Waals surface area contributed by atoms with E-state index in [1.54, 1.807) is 70.1 Å². The highest BCUT2D eigenvalue weighted by atomic mass is 127. The number of pyridine rings is 4. The maximum absolute atomic E-state index is 12.1. The van der Waals surface area contributed by atoms with Gasteiger partial charge >= 0.3 is 31.0 Å². The Morgan fingerprint density at radius 3 is 0.944 bits per heavy atom. The summed E-state index contributed by atoms with van der Waals surface area (Å²) < 4.78 is 17.2. The van der Waals surface area contributed by atoms with E-state index >= 15 is 0 Å². The highest BCUT2D eigenvalue weighted by Crippen LogP contribution is 2.31. The zero-order valence-electron chi connectivity index (χ0n) is 67.5. The second-order valence-corrected chi connectivity index (χ2v) is 30.6. The molecule has 9 aromatic heterocycles. The second kappa shape index (κ2) is 52.5. The summed E-state index contributed by atoms with van der Waals surface area (Å²) in [6.07, 6.45) is 28.0. The van der Waals surface area contributed by atoms with Crippen molar-refractivity contribution in [1.29, 1.82) is 0 Å². The molecule has 640 valence electrons. The summed E-state index contributed by atoms with van der Waals surface area (Å²) >= 11 is 21.1. The molecule has 31 nitrogen and oxygen atoms in total. The van der Waals surface area contributed by atoms with Crippen LogP contribution in [0.25, 0.3) is 33.4 Å². The third-order valence-electron chi connectivity index (χ3n) is 16.0. The molecule has 0 spiro atoms. The smallest absolute Gasteiger partial charge is 0.477 e. The minimum Gasteiger partial charge on any atom is -0.477 e. The first-order valence-electron chi connectivity index (χ1n) is 36.9. The molecule has 0 bridgehead atoms. The molecular weight excluding hydrogens is 1940 g/mol. The molecule has 0 aliphatic carbocycles. The van der Waals surface area contributed by atoms with Crippen LogP contribution in [0.2, 0.25) is 10.4 Å². The number of nitrogens with two attached hydrogens (primary N) is 2. The summed E-state index contributed by atoms with van der Waals surface area (Å²) in [5, 5.41) is 41.1. The van der Waals surface area contributed by atoms with Gasteiger partial charge in [-0.05, 0) is 275 Å². The number of anilines is 9. The molecule has 125 heavy (non-hydrogen) atoms. The van der Waals surface area contributed by atoms with Crippen LogP contribution in [0.5, 0.6) is 0 Å². The van der Waals surface area contributed by atoms with Gasteiger partial charge in [0.05, 0.1) is 19.8 Å². The minimum atomic E-state index is -1.38. The van der Waals surface area contributed by atoms with Crippen LogP contribution in [0.3, 0.4) is 0 Å². The van der Waals surface area contributed by atoms with E-state index in [1.165, 1.54) is 94.0 Å². The number of carbonyl (C=O) groups excluding carboxylic acids is 4. The second-order valence-electron chi connectivity index (χ2n) is 24.3. The summed E-state index contributed by atoms with van der Waals surface area (Å²) in [5.74, 6) is -1.51. The number of nitrogens with zero attached hydrogens (tertiary/aromatic N) is 14. The Morgan fingerprint density at radius 1 is 0.384 bits per heavy atom. The average molecular weight is 2020 g/mol. The van der Waals surface area contributed by atoms with Crippen LogP contribution in [0.4, 0.5) is 51.7 Å². The maximum atomic E-state index is 12.1. The number of carboxylic acids is 1. The third-order valence-corrected chi connectivity index (χ3v) is 20.1. The Labute approximate surface area is 774 Å². The van der Waals surface area contributed by atoms with E-state index in [4.69, 9.17) is 58.9 Å².